The summed E-state index contributed by atoms with van der Waals surface area (Å²) in [6.07, 6.45) is 5.45. The maximum absolute atomic E-state index is 12.6. The monoisotopic (exact) mass is 372 g/mol. The number of carbonyl (C=O) groups is 1. The normalized spacial score (nSPS) is 24.8. The van der Waals surface area contributed by atoms with E-state index in [4.69, 9.17) is 4.74 Å². The minimum Gasteiger partial charge on any atom is -0.426 e. The first-order valence-corrected chi connectivity index (χ1v) is 9.90. The van der Waals surface area contributed by atoms with Crippen LogP contribution in [0.3, 0.4) is 0 Å². The Morgan fingerprint density at radius 1 is 1.04 bits per heavy atom. The second-order valence-corrected chi connectivity index (χ2v) is 8.78. The molecule has 2 rings (SSSR count). The molecule has 1 saturated carbocycles. The van der Waals surface area contributed by atoms with E-state index in [1.54, 1.807) is 0 Å². The molecule has 24 heavy (non-hydrogen) atoms. The molecule has 1 fully saturated rings. The van der Waals surface area contributed by atoms with Crippen molar-refractivity contribution in [3.63, 3.8) is 0 Å². The molecule has 0 saturated heterocycles. The van der Waals surface area contributed by atoms with Crippen LogP contribution in [-0.2, 0) is 4.79 Å². The third-order valence-electron chi connectivity index (χ3n) is 4.36. The molecular formula is C16H21F5O2S. The Morgan fingerprint density at radius 2 is 1.58 bits per heavy atom. The van der Waals surface area contributed by atoms with Crippen LogP contribution >= 0.6 is 10.2 Å². The summed E-state index contributed by atoms with van der Waals surface area (Å²) in [6, 6.07) is 2.02. The molecule has 1 aliphatic carbocycles. The quantitative estimate of drug-likeness (QED) is 0.321. The molecule has 1 aromatic rings. The second-order valence-electron chi connectivity index (χ2n) is 6.37. The van der Waals surface area contributed by atoms with E-state index in [-0.39, 0.29) is 23.8 Å². The number of halogens is 5. The molecule has 0 N–H and O–H groups in total. The summed E-state index contributed by atoms with van der Waals surface area (Å²) >= 11 is 0. The van der Waals surface area contributed by atoms with E-state index < -0.39 is 21.1 Å². The van der Waals surface area contributed by atoms with Gasteiger partial charge in [-0.05, 0) is 55.9 Å². The molecule has 8 heteroatoms. The van der Waals surface area contributed by atoms with Gasteiger partial charge in [-0.3, -0.25) is 4.79 Å². The second kappa shape index (κ2) is 5.89. The van der Waals surface area contributed by atoms with Gasteiger partial charge < -0.3 is 4.74 Å². The molecular weight excluding hydrogens is 351 g/mol. The molecule has 0 unspecified atom stereocenters. The number of hydrogen-bond donors (Lipinski definition) is 0. The summed E-state index contributed by atoms with van der Waals surface area (Å²) in [5.74, 6) is -0.337. The van der Waals surface area contributed by atoms with Gasteiger partial charge in [0, 0.05) is 0 Å². The number of carbonyl (C=O) groups excluding carboxylic acids is 1. The molecule has 0 aromatic heterocycles. The lowest BCUT2D eigenvalue weighted by Crippen LogP contribution is -2.25. The lowest BCUT2D eigenvalue weighted by atomic mass is 9.80. The molecule has 138 valence electrons. The van der Waals surface area contributed by atoms with Crippen LogP contribution in [-0.4, -0.2) is 5.97 Å². The first kappa shape index (κ1) is 19.0. The third kappa shape index (κ3) is 5.09. The van der Waals surface area contributed by atoms with Crippen LogP contribution in [0, 0.1) is 11.8 Å². The topological polar surface area (TPSA) is 26.3 Å². The Balaban J connectivity index is 1.96. The Labute approximate surface area is 138 Å². The summed E-state index contributed by atoms with van der Waals surface area (Å²) in [7, 11) is -9.69. The maximum Gasteiger partial charge on any atom is 0.314 e. The van der Waals surface area contributed by atoms with Crippen molar-refractivity contribution in [1.29, 1.82) is 0 Å². The average Bonchev–Trinajstić information content (AvgIpc) is 2.46. The Morgan fingerprint density at radius 3 is 2.04 bits per heavy atom. The van der Waals surface area contributed by atoms with E-state index in [9.17, 15) is 24.2 Å². The zero-order valence-electron chi connectivity index (χ0n) is 13.3. The van der Waals surface area contributed by atoms with Gasteiger partial charge in [0.2, 0.25) is 0 Å². The SMILES string of the molecule is CCCC1CCC(C(=O)Oc2ccc(S(F)(F)(F)(F)F)cc2)CC1. The van der Waals surface area contributed by atoms with E-state index in [0.29, 0.717) is 18.8 Å². The molecule has 1 aliphatic rings. The van der Waals surface area contributed by atoms with E-state index in [1.165, 1.54) is 0 Å². The maximum atomic E-state index is 12.6. The fourth-order valence-electron chi connectivity index (χ4n) is 3.06. The number of hydrogen-bond acceptors (Lipinski definition) is 2. The predicted molar refractivity (Wildman–Crippen MR) is 83.8 cm³/mol. The van der Waals surface area contributed by atoms with Crippen LogP contribution in [0.2, 0.25) is 0 Å². The van der Waals surface area contributed by atoms with Crippen LogP contribution in [0.4, 0.5) is 19.4 Å². The van der Waals surface area contributed by atoms with E-state index >= 15 is 0 Å². The van der Waals surface area contributed by atoms with Crippen LogP contribution in [0.5, 0.6) is 5.75 Å². The van der Waals surface area contributed by atoms with Gasteiger partial charge in [0.15, 0.2) is 0 Å². The predicted octanol–water partition coefficient (Wildman–Crippen LogP) is 6.86. The van der Waals surface area contributed by atoms with Crippen molar-refractivity contribution in [2.75, 3.05) is 0 Å². The minimum atomic E-state index is -9.69. The highest BCUT2D eigenvalue weighted by atomic mass is 32.5. The Bertz CT molecular complexity index is 589. The summed E-state index contributed by atoms with van der Waals surface area (Å²) in [5.41, 5.74) is 0. The van der Waals surface area contributed by atoms with Gasteiger partial charge in [-0.1, -0.05) is 39.2 Å². The molecule has 0 radical (unpaired) electrons. The summed E-state index contributed by atoms with van der Waals surface area (Å²) in [6.45, 7) is 2.11. The first-order valence-electron chi connectivity index (χ1n) is 7.95. The molecule has 0 amide bonds. The number of esters is 1. The molecule has 0 aliphatic heterocycles. The van der Waals surface area contributed by atoms with Crippen molar-refractivity contribution in [2.45, 2.75) is 50.3 Å². The van der Waals surface area contributed by atoms with Gasteiger partial charge in [-0.25, -0.2) is 0 Å². The fraction of sp³-hybridized carbons (Fsp3) is 0.562. The Hall–Kier alpha value is -1.31. The van der Waals surface area contributed by atoms with Crippen molar-refractivity contribution in [2.24, 2.45) is 11.8 Å². The standard InChI is InChI=1S/C16H21F5O2S/c1-2-3-12-4-6-13(7-5-12)16(22)23-14-8-10-15(11-9-14)24(17,18,19,20)21/h8-13H,2-7H2,1H3. The van der Waals surface area contributed by atoms with Crippen LogP contribution in [0.15, 0.2) is 29.2 Å². The fourth-order valence-corrected chi connectivity index (χ4v) is 3.71. The van der Waals surface area contributed by atoms with Crippen molar-refractivity contribution in [3.05, 3.63) is 24.3 Å². The van der Waals surface area contributed by atoms with Crippen molar-refractivity contribution < 1.29 is 29.0 Å². The van der Waals surface area contributed by atoms with E-state index in [0.717, 1.165) is 37.8 Å². The van der Waals surface area contributed by atoms with Crippen LogP contribution < -0.4 is 4.74 Å². The highest BCUT2D eigenvalue weighted by molar-refractivity contribution is 8.45. The molecule has 0 bridgehead atoms. The van der Waals surface area contributed by atoms with E-state index in [1.807, 2.05) is 0 Å². The molecule has 0 spiro atoms. The smallest absolute Gasteiger partial charge is 0.314 e. The molecule has 0 atom stereocenters. The zero-order chi connectivity index (χ0) is 18.1. The highest BCUT2D eigenvalue weighted by Crippen LogP contribution is 3.02. The number of ether oxygens (including phenoxy) is 1. The van der Waals surface area contributed by atoms with Gasteiger partial charge in [-0.2, -0.15) is 0 Å². The minimum absolute atomic E-state index is 0.152. The van der Waals surface area contributed by atoms with Gasteiger partial charge in [0.25, 0.3) is 0 Å². The highest BCUT2D eigenvalue weighted by Gasteiger charge is 2.65. The van der Waals surface area contributed by atoms with Crippen molar-refractivity contribution in [3.8, 4) is 5.75 Å². The van der Waals surface area contributed by atoms with E-state index in [2.05, 4.69) is 6.92 Å². The third-order valence-corrected chi connectivity index (χ3v) is 5.53. The molecule has 2 nitrogen and oxygen atoms in total. The van der Waals surface area contributed by atoms with Gasteiger partial charge in [-0.15, -0.1) is 0 Å². The van der Waals surface area contributed by atoms with Gasteiger partial charge in [0.1, 0.15) is 10.6 Å². The lowest BCUT2D eigenvalue weighted by Gasteiger charge is -2.40. The van der Waals surface area contributed by atoms with Crippen LogP contribution in [0.25, 0.3) is 0 Å². The molecule has 0 heterocycles. The van der Waals surface area contributed by atoms with Crippen molar-refractivity contribution >= 4 is 16.2 Å². The zero-order valence-corrected chi connectivity index (χ0v) is 14.1. The molecule has 1 aromatic carbocycles. The summed E-state index contributed by atoms with van der Waals surface area (Å²) in [5, 5.41) is 0. The first-order chi connectivity index (χ1) is 10.9. The van der Waals surface area contributed by atoms with Crippen LogP contribution in [0.1, 0.15) is 45.4 Å². The van der Waals surface area contributed by atoms with Gasteiger partial charge >= 0.3 is 16.2 Å². The number of benzene rings is 1. The summed E-state index contributed by atoms with van der Waals surface area (Å²) < 4.78 is 68.2. The largest absolute Gasteiger partial charge is 0.426 e. The average molecular weight is 372 g/mol. The summed E-state index contributed by atoms with van der Waals surface area (Å²) in [4.78, 5) is 10.1. The lowest BCUT2D eigenvalue weighted by molar-refractivity contribution is -0.140. The Kier molecular flexibility index (Phi) is 4.67. The number of rotatable bonds is 5. The van der Waals surface area contributed by atoms with Gasteiger partial charge in [0.05, 0.1) is 5.92 Å². The van der Waals surface area contributed by atoms with Crippen molar-refractivity contribution in [1.82, 2.24) is 0 Å².